The maximum absolute atomic E-state index is 14.1. The van der Waals surface area contributed by atoms with Gasteiger partial charge in [-0.05, 0) is 62.5 Å². The topological polar surface area (TPSA) is 86.3 Å². The van der Waals surface area contributed by atoms with Crippen molar-refractivity contribution in [1.29, 1.82) is 0 Å². The number of hydrogen-bond donors (Lipinski definition) is 2. The van der Waals surface area contributed by atoms with Gasteiger partial charge in [-0.2, -0.15) is 0 Å². The van der Waals surface area contributed by atoms with E-state index in [0.717, 1.165) is 48.2 Å². The summed E-state index contributed by atoms with van der Waals surface area (Å²) >= 11 is 0. The van der Waals surface area contributed by atoms with Crippen LogP contribution in [0, 0.1) is 28.6 Å². The maximum atomic E-state index is 14.1. The SMILES string of the molecule is COc1ccc(CNC(=O)CC2C(O)CC(O[Si](c3ccccc3)c3ccccc3)(C(C)(C)C)C2C=C[C@H](CCCCCO[Si](c2ccccc2)c2ccccc2)C(C)(C)C)c(OC)c1. The van der Waals surface area contributed by atoms with Crippen LogP contribution in [0.2, 0.25) is 0 Å². The number of aliphatic hydroxyl groups excluding tert-OH is 1. The first-order valence-electron chi connectivity index (χ1n) is 23.4. The van der Waals surface area contributed by atoms with E-state index >= 15 is 0 Å². The molecule has 0 aromatic heterocycles. The van der Waals surface area contributed by atoms with Gasteiger partial charge in [0.1, 0.15) is 11.5 Å². The Bertz CT molecular complexity index is 2150. The molecule has 65 heavy (non-hydrogen) atoms. The molecule has 344 valence electrons. The van der Waals surface area contributed by atoms with Crippen LogP contribution in [0.25, 0.3) is 0 Å². The predicted octanol–water partition coefficient (Wildman–Crippen LogP) is 8.92. The molecule has 0 aliphatic heterocycles. The molecular formula is C56H71NO6Si2. The number of hydrogen-bond acceptors (Lipinski definition) is 6. The number of allylic oxidation sites excluding steroid dienone is 1. The van der Waals surface area contributed by atoms with Crippen molar-refractivity contribution in [2.45, 2.75) is 98.3 Å². The standard InChI is InChI=1S/C56H71NO6Si2/c1-54(2,3)43(24-14-13-23-37-62-64(45-25-15-9-16-26-45)46-27-17-10-18-28-46)34-36-50-49(39-53(59)57-41-42-33-35-44(60-7)38-52(42)61-8)51(58)40-56(50,55(4,5)6)63-65(47-29-19-11-20-30-47)48-31-21-12-22-32-48/h9-12,15-22,25-36,38,43,49-51,58H,13-14,23-24,37,39-41H2,1-8H3,(H,57,59)/t43-,49?,50?,51?,56?/m0/s1. The normalized spacial score (nSPS) is 19.5. The van der Waals surface area contributed by atoms with E-state index in [9.17, 15) is 9.90 Å². The summed E-state index contributed by atoms with van der Waals surface area (Å²) in [6.45, 7) is 14.7. The molecule has 9 heteroatoms. The molecule has 1 saturated carbocycles. The number of carbonyl (C=O) groups is 1. The van der Waals surface area contributed by atoms with Crippen LogP contribution in [-0.2, 0) is 20.2 Å². The van der Waals surface area contributed by atoms with Gasteiger partial charge in [0, 0.05) is 49.5 Å². The second-order valence-corrected chi connectivity index (χ2v) is 23.7. The molecule has 1 amide bonds. The van der Waals surface area contributed by atoms with Gasteiger partial charge < -0.3 is 28.7 Å². The van der Waals surface area contributed by atoms with E-state index in [2.05, 4.69) is 168 Å². The summed E-state index contributed by atoms with van der Waals surface area (Å²) in [6, 6.07) is 47.9. The van der Waals surface area contributed by atoms with E-state index < -0.39 is 35.2 Å². The molecular weight excluding hydrogens is 839 g/mol. The first kappa shape index (κ1) is 49.7. The lowest BCUT2D eigenvalue weighted by molar-refractivity contribution is -0.123. The minimum atomic E-state index is -1.80. The van der Waals surface area contributed by atoms with E-state index in [0.29, 0.717) is 24.5 Å². The summed E-state index contributed by atoms with van der Waals surface area (Å²) in [6.07, 6.45) is 8.71. The Morgan fingerprint density at radius 1 is 0.738 bits per heavy atom. The van der Waals surface area contributed by atoms with Crippen LogP contribution in [0.1, 0.15) is 85.6 Å². The molecule has 0 saturated heterocycles. The van der Waals surface area contributed by atoms with Gasteiger partial charge in [-0.15, -0.1) is 0 Å². The van der Waals surface area contributed by atoms with Crippen molar-refractivity contribution in [1.82, 2.24) is 5.32 Å². The summed E-state index contributed by atoms with van der Waals surface area (Å²) in [5, 5.41) is 20.3. The largest absolute Gasteiger partial charge is 0.497 e. The summed E-state index contributed by atoms with van der Waals surface area (Å²) < 4.78 is 25.5. The third kappa shape index (κ3) is 13.0. The second-order valence-electron chi connectivity index (χ2n) is 19.5. The number of unbranched alkanes of at least 4 members (excludes halogenated alkanes) is 2. The lowest BCUT2D eigenvalue weighted by atomic mass is 9.68. The molecule has 1 aliphatic rings. The van der Waals surface area contributed by atoms with Gasteiger partial charge in [0.15, 0.2) is 0 Å². The Morgan fingerprint density at radius 3 is 1.77 bits per heavy atom. The van der Waals surface area contributed by atoms with Crippen LogP contribution in [0.3, 0.4) is 0 Å². The number of nitrogens with one attached hydrogen (secondary N) is 1. The van der Waals surface area contributed by atoms with Crippen LogP contribution >= 0.6 is 0 Å². The van der Waals surface area contributed by atoms with Gasteiger partial charge in [-0.25, -0.2) is 0 Å². The number of carbonyl (C=O) groups excluding carboxylic acids is 1. The van der Waals surface area contributed by atoms with Gasteiger partial charge in [-0.1, -0.05) is 188 Å². The zero-order valence-electron chi connectivity index (χ0n) is 39.9. The minimum Gasteiger partial charge on any atom is -0.497 e. The minimum absolute atomic E-state index is 0.0143. The molecule has 5 aromatic carbocycles. The molecule has 2 radical (unpaired) electrons. The van der Waals surface area contributed by atoms with Crippen molar-refractivity contribution < 1.29 is 28.2 Å². The molecule has 1 aliphatic carbocycles. The van der Waals surface area contributed by atoms with Crippen LogP contribution in [0.5, 0.6) is 11.5 Å². The highest BCUT2D eigenvalue weighted by Gasteiger charge is 2.60. The van der Waals surface area contributed by atoms with Crippen molar-refractivity contribution in [2.75, 3.05) is 20.8 Å². The number of rotatable bonds is 21. The second kappa shape index (κ2) is 23.1. The van der Waals surface area contributed by atoms with Crippen LogP contribution in [-0.4, -0.2) is 61.6 Å². The van der Waals surface area contributed by atoms with Crippen LogP contribution < -0.4 is 35.5 Å². The van der Waals surface area contributed by atoms with E-state index in [-0.39, 0.29) is 35.5 Å². The number of amides is 1. The van der Waals surface area contributed by atoms with Crippen LogP contribution in [0.4, 0.5) is 0 Å². The summed E-state index contributed by atoms with van der Waals surface area (Å²) in [5.74, 6) is 0.851. The van der Waals surface area contributed by atoms with Gasteiger partial charge >= 0.3 is 0 Å². The molecule has 7 nitrogen and oxygen atoms in total. The molecule has 4 unspecified atom stereocenters. The lowest BCUT2D eigenvalue weighted by Gasteiger charge is -2.48. The first-order chi connectivity index (χ1) is 31.2. The molecule has 2 N–H and O–H groups in total. The Balaban J connectivity index is 1.25. The van der Waals surface area contributed by atoms with Gasteiger partial charge in [0.2, 0.25) is 5.91 Å². The van der Waals surface area contributed by atoms with Crippen molar-refractivity contribution in [3.63, 3.8) is 0 Å². The molecule has 0 bridgehead atoms. The van der Waals surface area contributed by atoms with Crippen LogP contribution in [0.15, 0.2) is 152 Å². The van der Waals surface area contributed by atoms with E-state index in [1.54, 1.807) is 14.2 Å². The van der Waals surface area contributed by atoms with Gasteiger partial charge in [-0.3, -0.25) is 4.79 Å². The lowest BCUT2D eigenvalue weighted by Crippen LogP contribution is -2.58. The number of ether oxygens (including phenoxy) is 2. The number of benzene rings is 5. The molecule has 6 rings (SSSR count). The average Bonchev–Trinajstić information content (AvgIpc) is 3.58. The molecule has 0 heterocycles. The average molecular weight is 910 g/mol. The first-order valence-corrected chi connectivity index (χ1v) is 26.2. The third-order valence-electron chi connectivity index (χ3n) is 13.2. The third-order valence-corrected chi connectivity index (χ3v) is 17.7. The predicted molar refractivity (Wildman–Crippen MR) is 269 cm³/mol. The Morgan fingerprint density at radius 2 is 1.28 bits per heavy atom. The van der Waals surface area contributed by atoms with Gasteiger partial charge in [0.05, 0.1) is 25.9 Å². The Kier molecular flexibility index (Phi) is 17.6. The monoisotopic (exact) mass is 909 g/mol. The van der Waals surface area contributed by atoms with E-state index in [1.807, 2.05) is 30.3 Å². The zero-order chi connectivity index (χ0) is 46.5. The van der Waals surface area contributed by atoms with Gasteiger partial charge in [0.25, 0.3) is 18.1 Å². The van der Waals surface area contributed by atoms with Crippen molar-refractivity contribution >= 4 is 44.7 Å². The quantitative estimate of drug-likeness (QED) is 0.0435. The van der Waals surface area contributed by atoms with Crippen molar-refractivity contribution in [2.24, 2.45) is 28.6 Å². The zero-order valence-corrected chi connectivity index (χ0v) is 41.9. The fourth-order valence-electron chi connectivity index (χ4n) is 9.34. The molecule has 5 aromatic rings. The van der Waals surface area contributed by atoms with Crippen molar-refractivity contribution in [3.8, 4) is 11.5 Å². The van der Waals surface area contributed by atoms with Crippen molar-refractivity contribution in [3.05, 3.63) is 157 Å². The van der Waals surface area contributed by atoms with E-state index in [1.165, 1.54) is 10.4 Å². The summed E-state index contributed by atoms with van der Waals surface area (Å²) in [7, 11) is 0.108. The Labute approximate surface area is 393 Å². The smallest absolute Gasteiger partial charge is 0.283 e. The molecule has 1 fully saturated rings. The fourth-order valence-corrected chi connectivity index (χ4v) is 13.8. The summed E-state index contributed by atoms with van der Waals surface area (Å²) in [4.78, 5) is 14.1. The van der Waals surface area contributed by atoms with E-state index in [4.69, 9.17) is 18.3 Å². The molecule has 5 atom stereocenters. The highest BCUT2D eigenvalue weighted by molar-refractivity contribution is 6.80. The Hall–Kier alpha value is -4.78. The maximum Gasteiger partial charge on any atom is 0.283 e. The highest BCUT2D eigenvalue weighted by Crippen LogP contribution is 2.55. The highest BCUT2D eigenvalue weighted by atomic mass is 28.3. The number of methoxy groups -OCH3 is 2. The fraction of sp³-hybridized carbons (Fsp3) is 0.411. The number of aliphatic hydroxyl groups is 1. The molecule has 0 spiro atoms. The summed E-state index contributed by atoms with van der Waals surface area (Å²) in [5.41, 5.74) is -0.353.